The SMILES string of the molecule is CSCCCOc1ccc(C#N)c(Cl)c1. The van der Waals surface area contributed by atoms with Crippen molar-refractivity contribution in [1.29, 1.82) is 5.26 Å². The van der Waals surface area contributed by atoms with Crippen LogP contribution >= 0.6 is 23.4 Å². The maximum Gasteiger partial charge on any atom is 0.120 e. The zero-order valence-electron chi connectivity index (χ0n) is 8.50. The molecule has 15 heavy (non-hydrogen) atoms. The monoisotopic (exact) mass is 241 g/mol. The predicted octanol–water partition coefficient (Wildman–Crippen LogP) is 3.34. The van der Waals surface area contributed by atoms with Gasteiger partial charge in [0.2, 0.25) is 0 Å². The maximum absolute atomic E-state index is 8.68. The molecule has 0 saturated heterocycles. The van der Waals surface area contributed by atoms with Crippen LogP contribution in [0.2, 0.25) is 5.02 Å². The van der Waals surface area contributed by atoms with Crippen LogP contribution in [0.5, 0.6) is 5.75 Å². The lowest BCUT2D eigenvalue weighted by Gasteiger charge is -2.06. The number of thioether (sulfide) groups is 1. The third-order valence-electron chi connectivity index (χ3n) is 1.82. The molecule has 0 aromatic heterocycles. The molecule has 0 saturated carbocycles. The van der Waals surface area contributed by atoms with Gasteiger partial charge in [0, 0.05) is 6.07 Å². The van der Waals surface area contributed by atoms with Gasteiger partial charge in [-0.2, -0.15) is 17.0 Å². The van der Waals surface area contributed by atoms with Crippen LogP contribution in [0.1, 0.15) is 12.0 Å². The third kappa shape index (κ3) is 4.03. The molecule has 0 bridgehead atoms. The highest BCUT2D eigenvalue weighted by molar-refractivity contribution is 7.98. The first-order valence-electron chi connectivity index (χ1n) is 4.59. The molecule has 0 atom stereocenters. The van der Waals surface area contributed by atoms with E-state index in [0.717, 1.165) is 17.9 Å². The Morgan fingerprint density at radius 2 is 2.33 bits per heavy atom. The number of halogens is 1. The smallest absolute Gasteiger partial charge is 0.120 e. The first-order valence-corrected chi connectivity index (χ1v) is 6.36. The van der Waals surface area contributed by atoms with Gasteiger partial charge in [0.25, 0.3) is 0 Å². The zero-order chi connectivity index (χ0) is 11.1. The highest BCUT2D eigenvalue weighted by atomic mass is 35.5. The average Bonchev–Trinajstić information content (AvgIpc) is 2.25. The van der Waals surface area contributed by atoms with E-state index in [-0.39, 0.29) is 0 Å². The van der Waals surface area contributed by atoms with Gasteiger partial charge in [0.05, 0.1) is 17.2 Å². The lowest BCUT2D eigenvalue weighted by Crippen LogP contribution is -1.98. The average molecular weight is 242 g/mol. The van der Waals surface area contributed by atoms with E-state index in [2.05, 4.69) is 6.26 Å². The van der Waals surface area contributed by atoms with Crippen LogP contribution in [0.25, 0.3) is 0 Å². The van der Waals surface area contributed by atoms with Crippen molar-refractivity contribution >= 4 is 23.4 Å². The Morgan fingerprint density at radius 1 is 1.53 bits per heavy atom. The van der Waals surface area contributed by atoms with Gasteiger partial charge in [0.1, 0.15) is 11.8 Å². The van der Waals surface area contributed by atoms with Crippen molar-refractivity contribution in [2.45, 2.75) is 6.42 Å². The molecule has 4 heteroatoms. The molecule has 1 rings (SSSR count). The molecule has 0 heterocycles. The van der Waals surface area contributed by atoms with E-state index >= 15 is 0 Å². The summed E-state index contributed by atoms with van der Waals surface area (Å²) in [5.74, 6) is 1.81. The van der Waals surface area contributed by atoms with E-state index in [1.807, 2.05) is 6.07 Å². The molecule has 0 spiro atoms. The van der Waals surface area contributed by atoms with Gasteiger partial charge in [-0.3, -0.25) is 0 Å². The second-order valence-electron chi connectivity index (χ2n) is 2.95. The quantitative estimate of drug-likeness (QED) is 0.742. The first kappa shape index (κ1) is 12.2. The topological polar surface area (TPSA) is 33.0 Å². The molecule has 0 unspecified atom stereocenters. The fourth-order valence-corrected chi connectivity index (χ4v) is 1.69. The molecular formula is C11H12ClNOS. The molecule has 1 aromatic rings. The number of nitrogens with zero attached hydrogens (tertiary/aromatic N) is 1. The number of benzene rings is 1. The van der Waals surface area contributed by atoms with E-state index in [0.29, 0.717) is 17.2 Å². The lowest BCUT2D eigenvalue weighted by molar-refractivity contribution is 0.319. The standard InChI is InChI=1S/C11H12ClNOS/c1-15-6-2-5-14-10-4-3-9(8-13)11(12)7-10/h3-4,7H,2,5-6H2,1H3. The minimum atomic E-state index is 0.444. The molecular weight excluding hydrogens is 230 g/mol. The summed E-state index contributed by atoms with van der Waals surface area (Å²) < 4.78 is 5.48. The van der Waals surface area contributed by atoms with Gasteiger partial charge in [-0.05, 0) is 30.6 Å². The fraction of sp³-hybridized carbons (Fsp3) is 0.364. The fourth-order valence-electron chi connectivity index (χ4n) is 1.07. The van der Waals surface area contributed by atoms with Crippen LogP contribution in [0, 0.1) is 11.3 Å². The molecule has 0 fully saturated rings. The number of ether oxygens (including phenoxy) is 1. The molecule has 80 valence electrons. The second kappa shape index (κ2) is 6.60. The molecule has 0 aliphatic heterocycles. The van der Waals surface area contributed by atoms with Crippen LogP contribution in [-0.4, -0.2) is 18.6 Å². The van der Waals surface area contributed by atoms with E-state index < -0.39 is 0 Å². The summed E-state index contributed by atoms with van der Waals surface area (Å²) in [5, 5.41) is 9.12. The van der Waals surface area contributed by atoms with E-state index in [1.54, 1.807) is 30.0 Å². The highest BCUT2D eigenvalue weighted by Crippen LogP contribution is 2.21. The van der Waals surface area contributed by atoms with E-state index in [9.17, 15) is 0 Å². The molecule has 0 radical (unpaired) electrons. The summed E-state index contributed by atoms with van der Waals surface area (Å²) in [6.07, 6.45) is 3.08. The van der Waals surface area contributed by atoms with Crippen LogP contribution in [-0.2, 0) is 0 Å². The van der Waals surface area contributed by atoms with Crippen molar-refractivity contribution in [3.63, 3.8) is 0 Å². The lowest BCUT2D eigenvalue weighted by atomic mass is 10.2. The van der Waals surface area contributed by atoms with Gasteiger partial charge in [0.15, 0.2) is 0 Å². The molecule has 0 aliphatic carbocycles. The summed E-state index contributed by atoms with van der Waals surface area (Å²) in [6, 6.07) is 7.13. The second-order valence-corrected chi connectivity index (χ2v) is 4.34. The Labute approximate surface area is 99.2 Å². The zero-order valence-corrected chi connectivity index (χ0v) is 10.1. The number of rotatable bonds is 5. The van der Waals surface area contributed by atoms with Gasteiger partial charge < -0.3 is 4.74 Å². The normalized spacial score (nSPS) is 9.67. The van der Waals surface area contributed by atoms with Crippen LogP contribution < -0.4 is 4.74 Å². The largest absolute Gasteiger partial charge is 0.494 e. The Kier molecular flexibility index (Phi) is 5.38. The van der Waals surface area contributed by atoms with Crippen molar-refractivity contribution < 1.29 is 4.74 Å². The number of hydrogen-bond donors (Lipinski definition) is 0. The predicted molar refractivity (Wildman–Crippen MR) is 64.7 cm³/mol. The van der Waals surface area contributed by atoms with Crippen LogP contribution in [0.15, 0.2) is 18.2 Å². The molecule has 0 amide bonds. The Bertz CT molecular complexity index is 362. The van der Waals surface area contributed by atoms with Crippen LogP contribution in [0.3, 0.4) is 0 Å². The van der Waals surface area contributed by atoms with Crippen molar-refractivity contribution in [3.8, 4) is 11.8 Å². The number of nitriles is 1. The van der Waals surface area contributed by atoms with Crippen molar-refractivity contribution in [1.82, 2.24) is 0 Å². The summed E-state index contributed by atoms with van der Waals surface area (Å²) >= 11 is 7.66. The molecule has 1 aromatic carbocycles. The summed E-state index contributed by atoms with van der Waals surface area (Å²) in [4.78, 5) is 0. The Balaban J connectivity index is 2.49. The Hall–Kier alpha value is -0.850. The van der Waals surface area contributed by atoms with Crippen LogP contribution in [0.4, 0.5) is 0 Å². The molecule has 0 N–H and O–H groups in total. The highest BCUT2D eigenvalue weighted by Gasteiger charge is 2.01. The van der Waals surface area contributed by atoms with E-state index in [4.69, 9.17) is 21.6 Å². The summed E-state index contributed by atoms with van der Waals surface area (Å²) in [7, 11) is 0. The van der Waals surface area contributed by atoms with Gasteiger partial charge in [-0.1, -0.05) is 11.6 Å². The van der Waals surface area contributed by atoms with Gasteiger partial charge in [-0.25, -0.2) is 0 Å². The van der Waals surface area contributed by atoms with Gasteiger partial charge >= 0.3 is 0 Å². The van der Waals surface area contributed by atoms with Crippen molar-refractivity contribution in [2.75, 3.05) is 18.6 Å². The van der Waals surface area contributed by atoms with Crippen molar-refractivity contribution in [2.24, 2.45) is 0 Å². The third-order valence-corrected chi connectivity index (χ3v) is 2.83. The minimum absolute atomic E-state index is 0.444. The number of hydrogen-bond acceptors (Lipinski definition) is 3. The van der Waals surface area contributed by atoms with E-state index in [1.165, 1.54) is 0 Å². The first-order chi connectivity index (χ1) is 7.27. The maximum atomic E-state index is 8.68. The molecule has 2 nitrogen and oxygen atoms in total. The minimum Gasteiger partial charge on any atom is -0.494 e. The van der Waals surface area contributed by atoms with Crippen molar-refractivity contribution in [3.05, 3.63) is 28.8 Å². The summed E-state index contributed by atoms with van der Waals surface area (Å²) in [6.45, 7) is 0.684. The molecule has 0 aliphatic rings. The summed E-state index contributed by atoms with van der Waals surface area (Å²) in [5.41, 5.74) is 0.480. The Morgan fingerprint density at radius 3 is 2.93 bits per heavy atom. The van der Waals surface area contributed by atoms with Gasteiger partial charge in [-0.15, -0.1) is 0 Å².